The van der Waals surface area contributed by atoms with Crippen LogP contribution in [0.5, 0.6) is 0 Å². The monoisotopic (exact) mass is 447 g/mol. The van der Waals surface area contributed by atoms with E-state index in [9.17, 15) is 4.79 Å². The zero-order valence-corrected chi connectivity index (χ0v) is 20.4. The Morgan fingerprint density at radius 2 is 1.70 bits per heavy atom. The van der Waals surface area contributed by atoms with Crippen LogP contribution in [0.25, 0.3) is 0 Å². The quantitative estimate of drug-likeness (QED) is 0.159. The highest BCUT2D eigenvalue weighted by atomic mass is 16.5. The zero-order chi connectivity index (χ0) is 23.3. The fourth-order valence-corrected chi connectivity index (χ4v) is 5.35. The second-order valence-corrected chi connectivity index (χ2v) is 9.95. The first-order valence-corrected chi connectivity index (χ1v) is 13.2. The number of nitrogens with zero attached hydrogens (tertiary/aromatic N) is 1. The lowest BCUT2D eigenvalue weighted by atomic mass is 9.81. The van der Waals surface area contributed by atoms with E-state index in [4.69, 9.17) is 10.00 Å². The Labute approximate surface area is 200 Å². The Kier molecular flexibility index (Phi) is 10.8. The molecule has 0 atom stereocenters. The second kappa shape index (κ2) is 14.0. The molecule has 2 aliphatic rings. The van der Waals surface area contributed by atoms with Gasteiger partial charge in [0.05, 0.1) is 12.0 Å². The Bertz CT molecular complexity index is 801. The van der Waals surface area contributed by atoms with Crippen LogP contribution >= 0.6 is 0 Å². The van der Waals surface area contributed by atoms with E-state index in [0.717, 1.165) is 51.4 Å². The number of carbonyl (C=O) groups excluding carboxylic acids is 1. The summed E-state index contributed by atoms with van der Waals surface area (Å²) in [5.74, 6) is 1.20. The van der Waals surface area contributed by atoms with Crippen LogP contribution in [0, 0.1) is 23.2 Å². The number of aryl methyl sites for hydroxylation is 1. The molecule has 0 amide bonds. The first kappa shape index (κ1) is 25.3. The number of unbranched alkanes of at least 4 members (excludes halogenated alkanes) is 3. The van der Waals surface area contributed by atoms with Gasteiger partial charge in [0.25, 0.3) is 0 Å². The van der Waals surface area contributed by atoms with Crippen molar-refractivity contribution in [2.24, 2.45) is 11.8 Å². The SMILES string of the molecule is CCCCCCc1ccc(C2CCC(OC(=O)C3CCC(C=CC=CC#N)CC3)CC2)cc1. The van der Waals surface area contributed by atoms with Crippen molar-refractivity contribution in [2.75, 3.05) is 0 Å². The predicted octanol–water partition coefficient (Wildman–Crippen LogP) is 7.82. The second-order valence-electron chi connectivity index (χ2n) is 9.95. The minimum absolute atomic E-state index is 0.0256. The van der Waals surface area contributed by atoms with Crippen LogP contribution in [-0.2, 0) is 16.0 Å². The van der Waals surface area contributed by atoms with E-state index >= 15 is 0 Å². The average Bonchev–Trinajstić information content (AvgIpc) is 2.86. The maximum Gasteiger partial charge on any atom is 0.309 e. The number of nitriles is 1. The number of benzene rings is 1. The zero-order valence-electron chi connectivity index (χ0n) is 20.4. The molecule has 3 nitrogen and oxygen atoms in total. The van der Waals surface area contributed by atoms with Gasteiger partial charge in [0, 0.05) is 6.08 Å². The molecule has 3 heteroatoms. The first-order chi connectivity index (χ1) is 16.2. The van der Waals surface area contributed by atoms with Crippen molar-refractivity contribution in [3.05, 3.63) is 59.7 Å². The summed E-state index contributed by atoms with van der Waals surface area (Å²) in [7, 11) is 0. The lowest BCUT2D eigenvalue weighted by Gasteiger charge is -2.31. The maximum absolute atomic E-state index is 12.7. The largest absolute Gasteiger partial charge is 0.462 e. The average molecular weight is 448 g/mol. The van der Waals surface area contributed by atoms with Gasteiger partial charge >= 0.3 is 5.97 Å². The van der Waals surface area contributed by atoms with Crippen molar-refractivity contribution in [3.63, 3.8) is 0 Å². The van der Waals surface area contributed by atoms with Gasteiger partial charge in [0.15, 0.2) is 0 Å². The van der Waals surface area contributed by atoms with Gasteiger partial charge in [0.1, 0.15) is 6.10 Å². The summed E-state index contributed by atoms with van der Waals surface area (Å²) in [6, 6.07) is 11.3. The van der Waals surface area contributed by atoms with Crippen LogP contribution < -0.4 is 0 Å². The van der Waals surface area contributed by atoms with Gasteiger partial charge in [0.2, 0.25) is 0 Å². The summed E-state index contributed by atoms with van der Waals surface area (Å²) in [5.41, 5.74) is 2.91. The molecule has 0 bridgehead atoms. The molecule has 0 saturated heterocycles. The summed E-state index contributed by atoms with van der Waals surface area (Å²) in [4.78, 5) is 12.7. The van der Waals surface area contributed by atoms with Gasteiger partial charge in [-0.25, -0.2) is 0 Å². The van der Waals surface area contributed by atoms with Crippen molar-refractivity contribution >= 4 is 5.97 Å². The fourth-order valence-electron chi connectivity index (χ4n) is 5.35. The van der Waals surface area contributed by atoms with Gasteiger partial charge in [-0.2, -0.15) is 5.26 Å². The molecule has 0 heterocycles. The molecule has 0 radical (unpaired) electrons. The summed E-state index contributed by atoms with van der Waals surface area (Å²) in [5, 5.41) is 8.53. The van der Waals surface area contributed by atoms with Crippen LogP contribution in [0.1, 0.15) is 101 Å². The third kappa shape index (κ3) is 8.50. The molecule has 2 fully saturated rings. The molecule has 1 aromatic carbocycles. The van der Waals surface area contributed by atoms with Crippen LogP contribution in [0.4, 0.5) is 0 Å². The number of hydrogen-bond acceptors (Lipinski definition) is 3. The Morgan fingerprint density at radius 3 is 2.36 bits per heavy atom. The minimum Gasteiger partial charge on any atom is -0.462 e. The van der Waals surface area contributed by atoms with E-state index in [0.29, 0.717) is 11.8 Å². The van der Waals surface area contributed by atoms with Crippen molar-refractivity contribution in [1.29, 1.82) is 5.26 Å². The molecule has 178 valence electrons. The Hall–Kier alpha value is -2.34. The highest BCUT2D eigenvalue weighted by Gasteiger charge is 2.30. The number of rotatable bonds is 10. The van der Waals surface area contributed by atoms with Crippen molar-refractivity contribution < 1.29 is 9.53 Å². The lowest BCUT2D eigenvalue weighted by Crippen LogP contribution is -2.29. The topological polar surface area (TPSA) is 50.1 Å². The van der Waals surface area contributed by atoms with E-state index in [1.54, 1.807) is 6.08 Å². The summed E-state index contributed by atoms with van der Waals surface area (Å²) >= 11 is 0. The smallest absolute Gasteiger partial charge is 0.309 e. The van der Waals surface area contributed by atoms with Gasteiger partial charge in [-0.05, 0) is 87.2 Å². The molecular formula is C30H41NO2. The standard InChI is InChI=1S/C30H41NO2/c1-2-3-4-6-9-24-11-15-26(16-12-24)27-19-21-29(22-20-27)33-30(32)28-17-13-25(14-18-28)10-7-5-8-23-31/h5,7-8,10-12,15-16,25,27-29H,2-4,6,9,13-14,17-22H2,1H3. The molecule has 0 aromatic heterocycles. The van der Waals surface area contributed by atoms with Crippen molar-refractivity contribution in [1.82, 2.24) is 0 Å². The molecular weight excluding hydrogens is 406 g/mol. The van der Waals surface area contributed by atoms with E-state index in [1.807, 2.05) is 12.1 Å². The Morgan fingerprint density at radius 1 is 0.970 bits per heavy atom. The maximum atomic E-state index is 12.7. The third-order valence-electron chi connectivity index (χ3n) is 7.50. The van der Waals surface area contributed by atoms with Crippen LogP contribution in [0.2, 0.25) is 0 Å². The molecule has 3 rings (SSSR count). The molecule has 33 heavy (non-hydrogen) atoms. The summed E-state index contributed by atoms with van der Waals surface area (Å²) in [6.45, 7) is 2.26. The number of allylic oxidation sites excluding steroid dienone is 4. The highest BCUT2D eigenvalue weighted by Crippen LogP contribution is 2.36. The van der Waals surface area contributed by atoms with E-state index in [2.05, 4.69) is 37.3 Å². The molecule has 0 unspecified atom stereocenters. The predicted molar refractivity (Wildman–Crippen MR) is 135 cm³/mol. The molecule has 0 spiro atoms. The van der Waals surface area contributed by atoms with Crippen LogP contribution in [0.3, 0.4) is 0 Å². The first-order valence-electron chi connectivity index (χ1n) is 13.2. The molecule has 0 aliphatic heterocycles. The van der Waals surface area contributed by atoms with Gasteiger partial charge in [-0.1, -0.05) is 68.7 Å². The van der Waals surface area contributed by atoms with E-state index in [1.165, 1.54) is 49.3 Å². The third-order valence-corrected chi connectivity index (χ3v) is 7.50. The fraction of sp³-hybridized carbons (Fsp3) is 0.600. The molecule has 0 N–H and O–H groups in total. The number of esters is 1. The Balaban J connectivity index is 1.35. The lowest BCUT2D eigenvalue weighted by molar-refractivity contribution is -0.157. The van der Waals surface area contributed by atoms with E-state index < -0.39 is 0 Å². The van der Waals surface area contributed by atoms with Crippen LogP contribution in [-0.4, -0.2) is 12.1 Å². The molecule has 2 saturated carbocycles. The summed E-state index contributed by atoms with van der Waals surface area (Å²) < 4.78 is 5.94. The highest BCUT2D eigenvalue weighted by molar-refractivity contribution is 5.72. The van der Waals surface area contributed by atoms with Gasteiger partial charge in [-0.3, -0.25) is 4.79 Å². The number of hydrogen-bond donors (Lipinski definition) is 0. The number of ether oxygens (including phenoxy) is 1. The van der Waals surface area contributed by atoms with Crippen molar-refractivity contribution in [3.8, 4) is 6.07 Å². The molecule has 2 aliphatic carbocycles. The van der Waals surface area contributed by atoms with Crippen molar-refractivity contribution in [2.45, 2.75) is 102 Å². The van der Waals surface area contributed by atoms with Gasteiger partial charge < -0.3 is 4.74 Å². The van der Waals surface area contributed by atoms with Gasteiger partial charge in [-0.15, -0.1) is 0 Å². The van der Waals surface area contributed by atoms with Crippen LogP contribution in [0.15, 0.2) is 48.6 Å². The van der Waals surface area contributed by atoms with E-state index in [-0.39, 0.29) is 18.0 Å². The normalized spacial score (nSPS) is 25.8. The summed E-state index contributed by atoms with van der Waals surface area (Å²) in [6.07, 6.45) is 22.0. The minimum atomic E-state index is 0.0256. The molecule has 1 aromatic rings. The number of carbonyl (C=O) groups is 1.